The molecule has 0 saturated carbocycles. The van der Waals surface area contributed by atoms with Crippen LogP contribution >= 0.6 is 0 Å². The van der Waals surface area contributed by atoms with Gasteiger partial charge in [-0.2, -0.15) is 0 Å². The Kier molecular flexibility index (Phi) is 5.48. The summed E-state index contributed by atoms with van der Waals surface area (Å²) in [5, 5.41) is 0. The van der Waals surface area contributed by atoms with E-state index in [2.05, 4.69) is 4.90 Å². The first-order valence-electron chi connectivity index (χ1n) is 8.82. The lowest BCUT2D eigenvalue weighted by Gasteiger charge is -2.38. The van der Waals surface area contributed by atoms with Gasteiger partial charge in [0.15, 0.2) is 0 Å². The van der Waals surface area contributed by atoms with Crippen molar-refractivity contribution in [2.75, 3.05) is 19.6 Å². The van der Waals surface area contributed by atoms with Gasteiger partial charge in [0.2, 0.25) is 11.8 Å². The lowest BCUT2D eigenvalue weighted by molar-refractivity contribution is -0.129. The molecule has 0 radical (unpaired) electrons. The molecule has 6 heteroatoms. The first-order valence-corrected chi connectivity index (χ1v) is 8.82. The molecule has 2 aliphatic heterocycles. The van der Waals surface area contributed by atoms with Crippen LogP contribution in [0.2, 0.25) is 0 Å². The minimum absolute atomic E-state index is 0.0596. The number of carbonyl (C=O) groups excluding carboxylic acids is 2. The molecule has 2 N–H and O–H groups in total. The van der Waals surface area contributed by atoms with E-state index in [0.29, 0.717) is 24.7 Å². The van der Waals surface area contributed by atoms with Crippen LogP contribution in [-0.2, 0) is 9.59 Å². The Morgan fingerprint density at radius 3 is 2.60 bits per heavy atom. The van der Waals surface area contributed by atoms with E-state index in [1.165, 1.54) is 18.2 Å². The van der Waals surface area contributed by atoms with Crippen LogP contribution in [-0.4, -0.2) is 53.3 Å². The van der Waals surface area contributed by atoms with E-state index in [9.17, 15) is 14.0 Å². The third-order valence-corrected chi connectivity index (χ3v) is 5.13. The van der Waals surface area contributed by atoms with E-state index in [0.717, 1.165) is 32.2 Å². The van der Waals surface area contributed by atoms with E-state index in [-0.39, 0.29) is 23.7 Å². The number of piperidine rings is 1. The number of hydrogen-bond acceptors (Lipinski definition) is 3. The average molecular weight is 345 g/mol. The average Bonchev–Trinajstić information content (AvgIpc) is 3.10. The number of nitrogens with zero attached hydrogens (tertiary/aromatic N) is 2. The molecule has 2 heterocycles. The normalized spacial score (nSPS) is 22.6. The number of halogens is 1. The molecule has 1 aromatic carbocycles. The van der Waals surface area contributed by atoms with Gasteiger partial charge in [0.1, 0.15) is 5.82 Å². The second kappa shape index (κ2) is 7.78. The van der Waals surface area contributed by atoms with Gasteiger partial charge in [0, 0.05) is 25.2 Å². The number of carbonyl (C=O) groups is 2. The van der Waals surface area contributed by atoms with Crippen LogP contribution < -0.4 is 5.73 Å². The Morgan fingerprint density at radius 2 is 1.92 bits per heavy atom. The van der Waals surface area contributed by atoms with E-state index in [1.54, 1.807) is 18.2 Å². The highest BCUT2D eigenvalue weighted by atomic mass is 19.1. The van der Waals surface area contributed by atoms with Gasteiger partial charge in [-0.05, 0) is 56.0 Å². The smallest absolute Gasteiger partial charge is 0.246 e. The molecule has 0 spiro atoms. The number of nitrogens with two attached hydrogens (primary N) is 1. The second-order valence-corrected chi connectivity index (χ2v) is 6.74. The van der Waals surface area contributed by atoms with Gasteiger partial charge in [-0.15, -0.1) is 0 Å². The number of primary amides is 1. The number of hydrogen-bond donors (Lipinski definition) is 1. The zero-order valence-electron chi connectivity index (χ0n) is 14.2. The number of benzene rings is 1. The molecule has 0 unspecified atom stereocenters. The molecule has 0 aliphatic carbocycles. The van der Waals surface area contributed by atoms with Crippen LogP contribution in [0, 0.1) is 5.82 Å². The monoisotopic (exact) mass is 345 g/mol. The van der Waals surface area contributed by atoms with Crippen LogP contribution in [0.15, 0.2) is 30.3 Å². The summed E-state index contributed by atoms with van der Waals surface area (Å²) < 4.78 is 13.2. The predicted octanol–water partition coefficient (Wildman–Crippen LogP) is 1.78. The maximum absolute atomic E-state index is 13.2. The van der Waals surface area contributed by atoms with Gasteiger partial charge < -0.3 is 10.6 Å². The molecule has 1 aromatic rings. The third kappa shape index (κ3) is 4.25. The third-order valence-electron chi connectivity index (χ3n) is 5.13. The van der Waals surface area contributed by atoms with Crippen molar-refractivity contribution in [3.8, 4) is 0 Å². The quantitative estimate of drug-likeness (QED) is 0.846. The van der Waals surface area contributed by atoms with Crippen molar-refractivity contribution < 1.29 is 14.0 Å². The molecule has 134 valence electrons. The van der Waals surface area contributed by atoms with Crippen LogP contribution in [0.25, 0.3) is 6.08 Å². The van der Waals surface area contributed by atoms with Crippen molar-refractivity contribution in [2.24, 2.45) is 5.73 Å². The molecule has 2 amide bonds. The minimum Gasteiger partial charge on any atom is -0.368 e. The zero-order valence-corrected chi connectivity index (χ0v) is 14.2. The minimum atomic E-state index is -0.315. The van der Waals surface area contributed by atoms with E-state index in [4.69, 9.17) is 5.73 Å². The summed E-state index contributed by atoms with van der Waals surface area (Å²) in [5.74, 6) is -0.616. The standard InChI is InChI=1S/C19H24FN3O2/c20-15-4-1-3-14(13-15)6-7-18(24)22-11-8-16(9-12-22)23-10-2-5-17(23)19(21)25/h1,3-4,6-7,13,16-17H,2,5,8-12H2,(H2,21,25)/b7-6+/t17-/m1/s1. The van der Waals surface area contributed by atoms with Crippen molar-refractivity contribution in [3.05, 3.63) is 41.7 Å². The lowest BCUT2D eigenvalue weighted by Crippen LogP contribution is -2.51. The van der Waals surface area contributed by atoms with Gasteiger partial charge in [-0.25, -0.2) is 4.39 Å². The van der Waals surface area contributed by atoms with Gasteiger partial charge >= 0.3 is 0 Å². The highest BCUT2D eigenvalue weighted by Crippen LogP contribution is 2.26. The van der Waals surface area contributed by atoms with E-state index < -0.39 is 0 Å². The van der Waals surface area contributed by atoms with E-state index >= 15 is 0 Å². The molecule has 3 rings (SSSR count). The van der Waals surface area contributed by atoms with Gasteiger partial charge in [-0.3, -0.25) is 14.5 Å². The van der Waals surface area contributed by atoms with Crippen LogP contribution in [0.1, 0.15) is 31.2 Å². The summed E-state index contributed by atoms with van der Waals surface area (Å²) >= 11 is 0. The topological polar surface area (TPSA) is 66.6 Å². The molecule has 1 atom stereocenters. The maximum atomic E-state index is 13.2. The number of rotatable bonds is 4. The molecule has 5 nitrogen and oxygen atoms in total. The molecular weight excluding hydrogens is 321 g/mol. The Hall–Kier alpha value is -2.21. The van der Waals surface area contributed by atoms with Gasteiger partial charge in [0.25, 0.3) is 0 Å². The molecule has 2 fully saturated rings. The molecule has 0 aromatic heterocycles. The van der Waals surface area contributed by atoms with E-state index in [1.807, 2.05) is 4.90 Å². The molecule has 2 aliphatic rings. The summed E-state index contributed by atoms with van der Waals surface area (Å²) in [4.78, 5) is 27.9. The fourth-order valence-electron chi connectivity index (χ4n) is 3.83. The summed E-state index contributed by atoms with van der Waals surface area (Å²) in [7, 11) is 0. The molecule has 25 heavy (non-hydrogen) atoms. The van der Waals surface area contributed by atoms with Crippen molar-refractivity contribution in [2.45, 2.75) is 37.8 Å². The summed E-state index contributed by atoms with van der Waals surface area (Å²) in [6.07, 6.45) is 6.68. The van der Waals surface area contributed by atoms with Crippen LogP contribution in [0.5, 0.6) is 0 Å². The zero-order chi connectivity index (χ0) is 17.8. The Labute approximate surface area is 147 Å². The molecule has 2 saturated heterocycles. The fourth-order valence-corrected chi connectivity index (χ4v) is 3.83. The van der Waals surface area contributed by atoms with Crippen LogP contribution in [0.4, 0.5) is 4.39 Å². The summed E-state index contributed by atoms with van der Waals surface area (Å²) in [6, 6.07) is 6.32. The van der Waals surface area contributed by atoms with Crippen molar-refractivity contribution in [1.82, 2.24) is 9.80 Å². The second-order valence-electron chi connectivity index (χ2n) is 6.74. The molecule has 0 bridgehead atoms. The SMILES string of the molecule is NC(=O)[C@H]1CCCN1C1CCN(C(=O)/C=C/c2cccc(F)c2)CC1. The number of amides is 2. The van der Waals surface area contributed by atoms with Crippen molar-refractivity contribution >= 4 is 17.9 Å². The van der Waals surface area contributed by atoms with Crippen molar-refractivity contribution in [3.63, 3.8) is 0 Å². The highest BCUT2D eigenvalue weighted by molar-refractivity contribution is 5.91. The summed E-state index contributed by atoms with van der Waals surface area (Å²) in [5.41, 5.74) is 6.17. The Bertz CT molecular complexity index is 668. The first kappa shape index (κ1) is 17.6. The Balaban J connectivity index is 1.53. The Morgan fingerprint density at radius 1 is 1.16 bits per heavy atom. The van der Waals surface area contributed by atoms with Gasteiger partial charge in [0.05, 0.1) is 6.04 Å². The predicted molar refractivity (Wildman–Crippen MR) is 94.0 cm³/mol. The lowest BCUT2D eigenvalue weighted by atomic mass is 10.0. The highest BCUT2D eigenvalue weighted by Gasteiger charge is 2.35. The summed E-state index contributed by atoms with van der Waals surface area (Å²) in [6.45, 7) is 2.24. The van der Waals surface area contributed by atoms with Crippen molar-refractivity contribution in [1.29, 1.82) is 0 Å². The van der Waals surface area contributed by atoms with Gasteiger partial charge in [-0.1, -0.05) is 12.1 Å². The first-order chi connectivity index (χ1) is 12.0. The maximum Gasteiger partial charge on any atom is 0.246 e. The number of likely N-dealkylation sites (tertiary alicyclic amines) is 2. The molecular formula is C19H24FN3O2. The largest absolute Gasteiger partial charge is 0.368 e. The van der Waals surface area contributed by atoms with Crippen LogP contribution in [0.3, 0.4) is 0 Å². The fraction of sp³-hybridized carbons (Fsp3) is 0.474.